The Balaban J connectivity index is 2.28. The van der Waals surface area contributed by atoms with Crippen LogP contribution in [0.5, 0.6) is 0 Å². The first-order valence-corrected chi connectivity index (χ1v) is 7.03. The zero-order chi connectivity index (χ0) is 12.5. The highest BCUT2D eigenvalue weighted by Gasteiger charge is 2.29. The minimum Gasteiger partial charge on any atom is -0.288 e. The molecule has 18 heavy (non-hydrogen) atoms. The van der Waals surface area contributed by atoms with Crippen molar-refractivity contribution in [1.29, 1.82) is 0 Å². The third-order valence-electron chi connectivity index (χ3n) is 3.14. The molecule has 0 spiro atoms. The van der Waals surface area contributed by atoms with Gasteiger partial charge in [0.25, 0.3) is 0 Å². The molecule has 0 saturated heterocycles. The smallest absolute Gasteiger partial charge is 0.200 e. The van der Waals surface area contributed by atoms with Crippen molar-refractivity contribution in [2.75, 3.05) is 6.26 Å². The summed E-state index contributed by atoms with van der Waals surface area (Å²) in [5, 5.41) is 0. The van der Waals surface area contributed by atoms with Crippen molar-refractivity contribution < 1.29 is 4.79 Å². The molecule has 0 N–H and O–H groups in total. The third kappa shape index (κ3) is 1.61. The SMILES string of the molecule is CSC1=C(c2ccccc2)c2ccccc2C1=O. The Bertz CT molecular complexity index is 641. The van der Waals surface area contributed by atoms with Gasteiger partial charge < -0.3 is 0 Å². The molecule has 0 fully saturated rings. The van der Waals surface area contributed by atoms with Gasteiger partial charge in [0, 0.05) is 11.1 Å². The van der Waals surface area contributed by atoms with Gasteiger partial charge in [0.1, 0.15) is 0 Å². The number of carbonyl (C=O) groups excluding carboxylic acids is 1. The Hall–Kier alpha value is -1.80. The topological polar surface area (TPSA) is 17.1 Å². The summed E-state index contributed by atoms with van der Waals surface area (Å²) in [6.07, 6.45) is 1.96. The fraction of sp³-hybridized carbons (Fsp3) is 0.0625. The number of hydrogen-bond donors (Lipinski definition) is 0. The van der Waals surface area contributed by atoms with E-state index in [1.807, 2.05) is 48.7 Å². The Kier molecular flexibility index (Phi) is 2.80. The van der Waals surface area contributed by atoms with Crippen LogP contribution in [0.3, 0.4) is 0 Å². The van der Waals surface area contributed by atoms with Crippen LogP contribution in [0.25, 0.3) is 5.57 Å². The van der Waals surface area contributed by atoms with Crippen LogP contribution in [0.4, 0.5) is 0 Å². The molecule has 1 aliphatic carbocycles. The van der Waals surface area contributed by atoms with Crippen molar-refractivity contribution in [2.24, 2.45) is 0 Å². The molecular formula is C16H12OS. The monoisotopic (exact) mass is 252 g/mol. The number of carbonyl (C=O) groups is 1. The predicted molar refractivity (Wildman–Crippen MR) is 76.8 cm³/mol. The summed E-state index contributed by atoms with van der Waals surface area (Å²) in [5.74, 6) is 0.150. The maximum atomic E-state index is 12.3. The summed E-state index contributed by atoms with van der Waals surface area (Å²) < 4.78 is 0. The summed E-state index contributed by atoms with van der Waals surface area (Å²) in [6.45, 7) is 0. The standard InChI is InChI=1S/C16H12OS/c1-18-16-14(11-7-3-2-4-8-11)12-9-5-6-10-13(12)15(16)17/h2-10H,1H3. The van der Waals surface area contributed by atoms with Gasteiger partial charge in [0.15, 0.2) is 0 Å². The molecular weight excluding hydrogens is 240 g/mol. The Morgan fingerprint density at radius 3 is 2.11 bits per heavy atom. The van der Waals surface area contributed by atoms with Gasteiger partial charge >= 0.3 is 0 Å². The van der Waals surface area contributed by atoms with Gasteiger partial charge in [-0.15, -0.1) is 11.8 Å². The number of benzene rings is 2. The third-order valence-corrected chi connectivity index (χ3v) is 3.94. The van der Waals surface area contributed by atoms with Crippen LogP contribution in [0.15, 0.2) is 59.5 Å². The van der Waals surface area contributed by atoms with E-state index < -0.39 is 0 Å². The van der Waals surface area contributed by atoms with Gasteiger partial charge in [0.05, 0.1) is 4.91 Å². The number of Topliss-reactive ketones (excluding diaryl/α,β-unsaturated/α-hetero) is 1. The number of rotatable bonds is 2. The summed E-state index contributed by atoms with van der Waals surface area (Å²) in [6, 6.07) is 18.0. The molecule has 1 nitrogen and oxygen atoms in total. The van der Waals surface area contributed by atoms with E-state index in [1.54, 1.807) is 0 Å². The summed E-state index contributed by atoms with van der Waals surface area (Å²) in [7, 11) is 0. The van der Waals surface area contributed by atoms with Gasteiger partial charge in [0.2, 0.25) is 5.78 Å². The van der Waals surface area contributed by atoms with Crippen molar-refractivity contribution >= 4 is 23.1 Å². The molecule has 0 saturated carbocycles. The highest BCUT2D eigenvalue weighted by atomic mass is 32.2. The second kappa shape index (κ2) is 4.46. The van der Waals surface area contributed by atoms with E-state index in [0.717, 1.165) is 27.2 Å². The fourth-order valence-electron chi connectivity index (χ4n) is 2.34. The normalized spacial score (nSPS) is 13.9. The Labute approximate surface area is 111 Å². The second-order valence-corrected chi connectivity index (χ2v) is 4.97. The molecule has 2 heteroatoms. The molecule has 0 bridgehead atoms. The van der Waals surface area contributed by atoms with E-state index in [2.05, 4.69) is 12.1 Å². The van der Waals surface area contributed by atoms with Crippen LogP contribution < -0.4 is 0 Å². The zero-order valence-corrected chi connectivity index (χ0v) is 10.8. The van der Waals surface area contributed by atoms with Crippen LogP contribution in [-0.2, 0) is 0 Å². The van der Waals surface area contributed by atoms with E-state index >= 15 is 0 Å². The molecule has 2 aromatic rings. The first-order chi connectivity index (χ1) is 8.83. The lowest BCUT2D eigenvalue weighted by Crippen LogP contribution is -1.94. The van der Waals surface area contributed by atoms with Crippen LogP contribution in [0.2, 0.25) is 0 Å². The first kappa shape index (κ1) is 11.3. The summed E-state index contributed by atoms with van der Waals surface area (Å²) >= 11 is 1.53. The largest absolute Gasteiger partial charge is 0.288 e. The molecule has 0 unspecified atom stereocenters. The van der Waals surface area contributed by atoms with Gasteiger partial charge in [-0.3, -0.25) is 4.79 Å². The number of allylic oxidation sites excluding steroid dienone is 1. The molecule has 0 amide bonds. The van der Waals surface area contributed by atoms with E-state index in [9.17, 15) is 4.79 Å². The van der Waals surface area contributed by atoms with Gasteiger partial charge in [-0.1, -0.05) is 54.6 Å². The molecule has 0 aliphatic heterocycles. The number of ketones is 1. The lowest BCUT2D eigenvalue weighted by molar-refractivity contribution is 0.104. The summed E-state index contributed by atoms with van der Waals surface area (Å²) in [5.41, 5.74) is 4.06. The zero-order valence-electron chi connectivity index (χ0n) is 10.0. The molecule has 1 aliphatic rings. The van der Waals surface area contributed by atoms with Crippen molar-refractivity contribution in [3.63, 3.8) is 0 Å². The highest BCUT2D eigenvalue weighted by Crippen LogP contribution is 2.41. The van der Waals surface area contributed by atoms with Crippen molar-refractivity contribution in [3.8, 4) is 0 Å². The van der Waals surface area contributed by atoms with Crippen LogP contribution in [0, 0.1) is 0 Å². The minimum atomic E-state index is 0.150. The van der Waals surface area contributed by atoms with Gasteiger partial charge in [-0.25, -0.2) is 0 Å². The lowest BCUT2D eigenvalue weighted by Gasteiger charge is -2.06. The maximum Gasteiger partial charge on any atom is 0.200 e. The Morgan fingerprint density at radius 2 is 1.44 bits per heavy atom. The maximum absolute atomic E-state index is 12.3. The highest BCUT2D eigenvalue weighted by molar-refractivity contribution is 8.03. The number of hydrogen-bond acceptors (Lipinski definition) is 2. The first-order valence-electron chi connectivity index (χ1n) is 5.80. The molecule has 0 atom stereocenters. The average Bonchev–Trinajstić information content (AvgIpc) is 2.73. The minimum absolute atomic E-state index is 0.150. The van der Waals surface area contributed by atoms with E-state index in [-0.39, 0.29) is 5.78 Å². The van der Waals surface area contributed by atoms with E-state index in [1.165, 1.54) is 11.8 Å². The van der Waals surface area contributed by atoms with Crippen molar-refractivity contribution in [1.82, 2.24) is 0 Å². The number of fused-ring (bicyclic) bond motifs is 1. The molecule has 2 aromatic carbocycles. The number of thioether (sulfide) groups is 1. The molecule has 3 rings (SSSR count). The van der Waals surface area contributed by atoms with Crippen LogP contribution in [-0.4, -0.2) is 12.0 Å². The molecule has 0 radical (unpaired) electrons. The second-order valence-electron chi connectivity index (χ2n) is 4.15. The van der Waals surface area contributed by atoms with Crippen molar-refractivity contribution in [3.05, 3.63) is 76.2 Å². The summed E-state index contributed by atoms with van der Waals surface area (Å²) in [4.78, 5) is 13.2. The lowest BCUT2D eigenvalue weighted by atomic mass is 9.99. The Morgan fingerprint density at radius 1 is 0.833 bits per heavy atom. The van der Waals surface area contributed by atoms with E-state index in [4.69, 9.17) is 0 Å². The van der Waals surface area contributed by atoms with Crippen LogP contribution in [0.1, 0.15) is 21.5 Å². The van der Waals surface area contributed by atoms with E-state index in [0.29, 0.717) is 0 Å². The molecule has 88 valence electrons. The van der Waals surface area contributed by atoms with Crippen LogP contribution >= 0.6 is 11.8 Å². The van der Waals surface area contributed by atoms with Gasteiger partial charge in [-0.05, 0) is 17.4 Å². The fourth-order valence-corrected chi connectivity index (χ4v) is 3.07. The average molecular weight is 252 g/mol. The van der Waals surface area contributed by atoms with Crippen molar-refractivity contribution in [2.45, 2.75) is 0 Å². The predicted octanol–water partition coefficient (Wildman–Crippen LogP) is 4.01. The van der Waals surface area contributed by atoms with Gasteiger partial charge in [-0.2, -0.15) is 0 Å². The molecule has 0 heterocycles. The quantitative estimate of drug-likeness (QED) is 0.803. The molecule has 0 aromatic heterocycles.